The summed E-state index contributed by atoms with van der Waals surface area (Å²) in [5.41, 5.74) is 1.86. The van der Waals surface area contributed by atoms with Crippen LogP contribution in [-0.4, -0.2) is 13.1 Å². The summed E-state index contributed by atoms with van der Waals surface area (Å²) in [4.78, 5) is 0. The zero-order chi connectivity index (χ0) is 14.9. The van der Waals surface area contributed by atoms with Crippen molar-refractivity contribution >= 4 is 11.6 Å². The van der Waals surface area contributed by atoms with Crippen molar-refractivity contribution < 1.29 is 0 Å². The van der Waals surface area contributed by atoms with E-state index in [1.807, 2.05) is 6.07 Å². The van der Waals surface area contributed by atoms with Gasteiger partial charge in [-0.1, -0.05) is 43.6 Å². The number of hydrogen-bond acceptors (Lipinski definition) is 1. The first-order valence-corrected chi connectivity index (χ1v) is 8.95. The van der Waals surface area contributed by atoms with E-state index in [9.17, 15) is 0 Å². The summed E-state index contributed by atoms with van der Waals surface area (Å²) >= 11 is 6.51. The maximum atomic E-state index is 6.51. The summed E-state index contributed by atoms with van der Waals surface area (Å²) in [6.07, 6.45) is 6.88. The second-order valence-corrected chi connectivity index (χ2v) is 7.88. The molecular weight excluding hydrogens is 278 g/mol. The number of benzene rings is 1. The van der Waals surface area contributed by atoms with E-state index in [4.69, 9.17) is 11.6 Å². The fourth-order valence-corrected chi connectivity index (χ4v) is 4.92. The molecule has 1 saturated carbocycles. The van der Waals surface area contributed by atoms with Crippen LogP contribution in [0, 0.1) is 17.3 Å². The Labute approximate surface area is 134 Å². The lowest BCUT2D eigenvalue weighted by Gasteiger charge is -2.49. The van der Waals surface area contributed by atoms with Gasteiger partial charge in [-0.15, -0.1) is 0 Å². The number of rotatable bonds is 2. The minimum atomic E-state index is 0.488. The Hall–Kier alpha value is -0.530. The topological polar surface area (TPSA) is 12.0 Å². The van der Waals surface area contributed by atoms with Crippen LogP contribution in [0.15, 0.2) is 24.3 Å². The Kier molecular flexibility index (Phi) is 4.61. The van der Waals surface area contributed by atoms with Gasteiger partial charge in [0.25, 0.3) is 0 Å². The molecule has 2 fully saturated rings. The zero-order valence-corrected chi connectivity index (χ0v) is 14.1. The van der Waals surface area contributed by atoms with Crippen molar-refractivity contribution in [2.24, 2.45) is 17.3 Å². The van der Waals surface area contributed by atoms with E-state index in [1.165, 1.54) is 44.2 Å². The van der Waals surface area contributed by atoms with Crippen LogP contribution in [0.2, 0.25) is 5.02 Å². The monoisotopic (exact) mass is 305 g/mol. The van der Waals surface area contributed by atoms with E-state index in [-0.39, 0.29) is 0 Å². The first-order valence-electron chi connectivity index (χ1n) is 8.57. The quantitative estimate of drug-likeness (QED) is 0.787. The molecule has 1 N–H and O–H groups in total. The normalized spacial score (nSPS) is 33.5. The molecule has 116 valence electrons. The molecule has 1 aromatic rings. The van der Waals surface area contributed by atoms with Crippen molar-refractivity contribution in [1.82, 2.24) is 5.32 Å². The number of nitrogens with one attached hydrogen (secondary N) is 1. The predicted octanol–water partition coefficient (Wildman–Crippen LogP) is 5.25. The van der Waals surface area contributed by atoms with Crippen LogP contribution in [0.1, 0.15) is 57.4 Å². The molecule has 0 bridgehead atoms. The van der Waals surface area contributed by atoms with E-state index in [2.05, 4.69) is 37.4 Å². The van der Waals surface area contributed by atoms with E-state index in [0.29, 0.717) is 11.3 Å². The first-order chi connectivity index (χ1) is 10.1. The average Bonchev–Trinajstić information content (AvgIpc) is 2.49. The van der Waals surface area contributed by atoms with Gasteiger partial charge in [0, 0.05) is 17.5 Å². The van der Waals surface area contributed by atoms with Crippen LogP contribution in [0.25, 0.3) is 0 Å². The second kappa shape index (κ2) is 6.30. The Morgan fingerprint density at radius 1 is 1.14 bits per heavy atom. The highest BCUT2D eigenvalue weighted by Gasteiger charge is 2.44. The second-order valence-electron chi connectivity index (χ2n) is 7.47. The molecule has 0 radical (unpaired) electrons. The largest absolute Gasteiger partial charge is 0.316 e. The molecule has 1 atom stereocenters. The summed E-state index contributed by atoms with van der Waals surface area (Å²) in [6, 6.07) is 8.49. The van der Waals surface area contributed by atoms with Crippen molar-refractivity contribution in [1.29, 1.82) is 0 Å². The van der Waals surface area contributed by atoms with Gasteiger partial charge in [0.1, 0.15) is 0 Å². The van der Waals surface area contributed by atoms with Crippen LogP contribution >= 0.6 is 11.6 Å². The average molecular weight is 306 g/mol. The molecule has 1 heterocycles. The van der Waals surface area contributed by atoms with E-state index in [1.54, 1.807) is 0 Å². The van der Waals surface area contributed by atoms with Gasteiger partial charge in [-0.05, 0) is 67.5 Å². The van der Waals surface area contributed by atoms with Crippen LogP contribution < -0.4 is 5.32 Å². The van der Waals surface area contributed by atoms with Gasteiger partial charge in [0.2, 0.25) is 0 Å². The Morgan fingerprint density at radius 2 is 1.86 bits per heavy atom. The molecule has 0 aromatic heterocycles. The highest BCUT2D eigenvalue weighted by molar-refractivity contribution is 6.31. The molecule has 1 saturated heterocycles. The third-order valence-electron chi connectivity index (χ3n) is 6.14. The summed E-state index contributed by atoms with van der Waals surface area (Å²) in [6.45, 7) is 7.04. The Morgan fingerprint density at radius 3 is 2.52 bits per heavy atom. The van der Waals surface area contributed by atoms with Crippen LogP contribution in [-0.2, 0) is 0 Å². The smallest absolute Gasteiger partial charge is 0.0441 e. The molecule has 1 nitrogen and oxygen atoms in total. The molecule has 1 aromatic carbocycles. The van der Waals surface area contributed by atoms with Crippen molar-refractivity contribution in [3.63, 3.8) is 0 Å². The molecule has 2 aliphatic rings. The van der Waals surface area contributed by atoms with Gasteiger partial charge in [-0.2, -0.15) is 0 Å². The molecule has 3 rings (SSSR count). The lowest BCUT2D eigenvalue weighted by molar-refractivity contribution is 0.0670. The summed E-state index contributed by atoms with van der Waals surface area (Å²) < 4.78 is 0. The highest BCUT2D eigenvalue weighted by Crippen LogP contribution is 2.53. The maximum absolute atomic E-state index is 6.51. The van der Waals surface area contributed by atoms with Gasteiger partial charge >= 0.3 is 0 Å². The molecule has 1 spiro atoms. The molecule has 2 heteroatoms. The Balaban J connectivity index is 1.84. The minimum absolute atomic E-state index is 0.488. The third-order valence-corrected chi connectivity index (χ3v) is 6.48. The summed E-state index contributed by atoms with van der Waals surface area (Å²) in [7, 11) is 0. The van der Waals surface area contributed by atoms with Crippen LogP contribution in [0.4, 0.5) is 0 Å². The molecule has 1 aliphatic heterocycles. The molecule has 21 heavy (non-hydrogen) atoms. The summed E-state index contributed by atoms with van der Waals surface area (Å²) in [5, 5.41) is 4.56. The fourth-order valence-electron chi connectivity index (χ4n) is 4.65. The lowest BCUT2D eigenvalue weighted by Crippen LogP contribution is -2.46. The molecule has 1 unspecified atom stereocenters. The van der Waals surface area contributed by atoms with Crippen LogP contribution in [0.3, 0.4) is 0 Å². The number of halogens is 1. The molecular formula is C19H28ClN. The van der Waals surface area contributed by atoms with E-state index >= 15 is 0 Å². The molecule has 1 aliphatic carbocycles. The predicted molar refractivity (Wildman–Crippen MR) is 90.9 cm³/mol. The van der Waals surface area contributed by atoms with E-state index in [0.717, 1.165) is 23.4 Å². The first kappa shape index (κ1) is 15.4. The van der Waals surface area contributed by atoms with Gasteiger partial charge in [0.05, 0.1) is 0 Å². The van der Waals surface area contributed by atoms with Crippen molar-refractivity contribution in [3.05, 3.63) is 34.9 Å². The zero-order valence-electron chi connectivity index (χ0n) is 13.4. The van der Waals surface area contributed by atoms with Crippen molar-refractivity contribution in [3.8, 4) is 0 Å². The summed E-state index contributed by atoms with van der Waals surface area (Å²) in [5.74, 6) is 2.35. The Bertz CT molecular complexity index is 474. The molecule has 0 amide bonds. The van der Waals surface area contributed by atoms with Crippen molar-refractivity contribution in [2.45, 2.75) is 51.9 Å². The maximum Gasteiger partial charge on any atom is 0.0441 e. The van der Waals surface area contributed by atoms with E-state index < -0.39 is 0 Å². The number of piperidine rings is 1. The lowest BCUT2D eigenvalue weighted by atomic mass is 9.58. The SMILES string of the molecule is CC(C)C1CCC2(CCNCC2c2ccccc2Cl)CC1. The van der Waals surface area contributed by atoms with Gasteiger partial charge in [-0.25, -0.2) is 0 Å². The standard InChI is InChI=1S/C19H28ClN/c1-14(2)15-7-9-19(10-8-15)11-12-21-13-17(19)16-5-3-4-6-18(16)20/h3-6,14-15,17,21H,7-13H2,1-2H3. The van der Waals surface area contributed by atoms with Gasteiger partial charge < -0.3 is 5.32 Å². The van der Waals surface area contributed by atoms with Gasteiger partial charge in [0.15, 0.2) is 0 Å². The minimum Gasteiger partial charge on any atom is -0.316 e. The van der Waals surface area contributed by atoms with Crippen LogP contribution in [0.5, 0.6) is 0 Å². The highest BCUT2D eigenvalue weighted by atomic mass is 35.5. The van der Waals surface area contributed by atoms with Crippen molar-refractivity contribution in [2.75, 3.05) is 13.1 Å². The van der Waals surface area contributed by atoms with Gasteiger partial charge in [-0.3, -0.25) is 0 Å². The fraction of sp³-hybridized carbons (Fsp3) is 0.684. The number of hydrogen-bond donors (Lipinski definition) is 1. The third kappa shape index (κ3) is 3.00.